The lowest BCUT2D eigenvalue weighted by Crippen LogP contribution is -2.31. The average Bonchev–Trinajstić information content (AvgIpc) is 3.05. The molecule has 2 aromatic rings. The van der Waals surface area contributed by atoms with Crippen LogP contribution in [-0.4, -0.2) is 11.0 Å². The Balaban J connectivity index is 1.61. The van der Waals surface area contributed by atoms with Crippen LogP contribution < -0.4 is 5.32 Å². The second-order valence-electron chi connectivity index (χ2n) is 5.61. The number of hydrogen-bond donors (Lipinski definition) is 2. The summed E-state index contributed by atoms with van der Waals surface area (Å²) in [6.07, 6.45) is 7.66. The molecule has 1 unspecified atom stereocenters. The maximum atomic E-state index is 3.69. The highest BCUT2D eigenvalue weighted by atomic mass is 14.9. The molecule has 1 heterocycles. The van der Waals surface area contributed by atoms with E-state index >= 15 is 0 Å². The van der Waals surface area contributed by atoms with Crippen molar-refractivity contribution in [2.45, 2.75) is 45.2 Å². The second kappa shape index (κ2) is 5.15. The molecule has 96 valence electrons. The molecule has 0 amide bonds. The molecule has 0 radical (unpaired) electrons. The van der Waals surface area contributed by atoms with Crippen LogP contribution in [0.25, 0.3) is 10.9 Å². The van der Waals surface area contributed by atoms with E-state index < -0.39 is 0 Å². The van der Waals surface area contributed by atoms with E-state index in [2.05, 4.69) is 41.5 Å². The third-order valence-corrected chi connectivity index (χ3v) is 4.35. The van der Waals surface area contributed by atoms with Crippen molar-refractivity contribution < 1.29 is 0 Å². The molecule has 0 aliphatic heterocycles. The van der Waals surface area contributed by atoms with Crippen molar-refractivity contribution in [1.82, 2.24) is 10.3 Å². The van der Waals surface area contributed by atoms with E-state index in [0.717, 1.165) is 12.5 Å². The molecule has 1 aliphatic carbocycles. The van der Waals surface area contributed by atoms with Crippen molar-refractivity contribution in [3.63, 3.8) is 0 Å². The standard InChI is InChI=1S/C16H22N2/c1-12(14-4-2-3-5-14)18-11-13-6-7-16-15(10-13)8-9-17-16/h6-10,12,14,17-18H,2-5,11H2,1H3. The predicted octanol–water partition coefficient (Wildman–Crippen LogP) is 3.84. The molecular weight excluding hydrogens is 220 g/mol. The Labute approximate surface area is 109 Å². The van der Waals surface area contributed by atoms with Gasteiger partial charge in [0.1, 0.15) is 0 Å². The second-order valence-corrected chi connectivity index (χ2v) is 5.61. The molecular formula is C16H22N2. The summed E-state index contributed by atoms with van der Waals surface area (Å²) in [6.45, 7) is 3.32. The van der Waals surface area contributed by atoms with Crippen molar-refractivity contribution >= 4 is 10.9 Å². The Hall–Kier alpha value is -1.28. The molecule has 2 heteroatoms. The van der Waals surface area contributed by atoms with Crippen LogP contribution in [0.5, 0.6) is 0 Å². The summed E-state index contributed by atoms with van der Waals surface area (Å²) in [7, 11) is 0. The molecule has 0 spiro atoms. The number of rotatable bonds is 4. The summed E-state index contributed by atoms with van der Waals surface area (Å²) >= 11 is 0. The predicted molar refractivity (Wildman–Crippen MR) is 76.6 cm³/mol. The van der Waals surface area contributed by atoms with Crippen LogP contribution in [0, 0.1) is 5.92 Å². The van der Waals surface area contributed by atoms with E-state index in [-0.39, 0.29) is 0 Å². The molecule has 2 N–H and O–H groups in total. The Morgan fingerprint density at radius 1 is 1.28 bits per heavy atom. The first-order valence-electron chi connectivity index (χ1n) is 7.12. The molecule has 1 aromatic carbocycles. The minimum Gasteiger partial charge on any atom is -0.361 e. The third kappa shape index (κ3) is 2.44. The summed E-state index contributed by atoms with van der Waals surface area (Å²) in [5.74, 6) is 0.890. The van der Waals surface area contributed by atoms with Gasteiger partial charge in [-0.1, -0.05) is 18.9 Å². The zero-order chi connectivity index (χ0) is 12.4. The number of H-pyrrole nitrogens is 1. The summed E-state index contributed by atoms with van der Waals surface area (Å²) in [6, 6.07) is 9.45. The fourth-order valence-corrected chi connectivity index (χ4v) is 3.12. The van der Waals surface area contributed by atoms with Gasteiger partial charge in [-0.2, -0.15) is 0 Å². The van der Waals surface area contributed by atoms with Gasteiger partial charge in [0.15, 0.2) is 0 Å². The SMILES string of the molecule is CC(NCc1ccc2[nH]ccc2c1)C1CCCC1. The van der Waals surface area contributed by atoms with Crippen LogP contribution in [0.4, 0.5) is 0 Å². The minimum atomic E-state index is 0.648. The van der Waals surface area contributed by atoms with Gasteiger partial charge in [-0.05, 0) is 54.8 Å². The number of benzene rings is 1. The van der Waals surface area contributed by atoms with Crippen LogP contribution in [-0.2, 0) is 6.54 Å². The van der Waals surface area contributed by atoms with Crippen molar-refractivity contribution in [2.75, 3.05) is 0 Å². The van der Waals surface area contributed by atoms with Gasteiger partial charge in [0.2, 0.25) is 0 Å². The fourth-order valence-electron chi connectivity index (χ4n) is 3.12. The molecule has 18 heavy (non-hydrogen) atoms. The Morgan fingerprint density at radius 3 is 2.94 bits per heavy atom. The van der Waals surface area contributed by atoms with Gasteiger partial charge in [-0.15, -0.1) is 0 Å². The lowest BCUT2D eigenvalue weighted by molar-refractivity contribution is 0.380. The molecule has 0 saturated heterocycles. The first kappa shape index (κ1) is 11.8. The number of hydrogen-bond acceptors (Lipinski definition) is 1. The van der Waals surface area contributed by atoms with Crippen molar-refractivity contribution in [3.8, 4) is 0 Å². The fraction of sp³-hybridized carbons (Fsp3) is 0.500. The maximum Gasteiger partial charge on any atom is 0.0454 e. The Kier molecular flexibility index (Phi) is 3.37. The number of fused-ring (bicyclic) bond motifs is 1. The largest absolute Gasteiger partial charge is 0.361 e. The average molecular weight is 242 g/mol. The zero-order valence-electron chi connectivity index (χ0n) is 11.1. The highest BCUT2D eigenvalue weighted by Gasteiger charge is 2.20. The van der Waals surface area contributed by atoms with Crippen LogP contribution in [0.15, 0.2) is 30.5 Å². The first-order chi connectivity index (χ1) is 8.83. The first-order valence-corrected chi connectivity index (χ1v) is 7.12. The lowest BCUT2D eigenvalue weighted by Gasteiger charge is -2.20. The molecule has 3 rings (SSSR count). The zero-order valence-corrected chi connectivity index (χ0v) is 11.1. The summed E-state index contributed by atoms with van der Waals surface area (Å²) in [5, 5.41) is 5.00. The quantitative estimate of drug-likeness (QED) is 0.837. The van der Waals surface area contributed by atoms with Gasteiger partial charge in [0.05, 0.1) is 0 Å². The van der Waals surface area contributed by atoms with Gasteiger partial charge in [0.25, 0.3) is 0 Å². The topological polar surface area (TPSA) is 27.8 Å². The lowest BCUT2D eigenvalue weighted by atomic mass is 9.99. The third-order valence-electron chi connectivity index (χ3n) is 4.35. The van der Waals surface area contributed by atoms with E-state index in [4.69, 9.17) is 0 Å². The van der Waals surface area contributed by atoms with E-state index in [1.54, 1.807) is 0 Å². The van der Waals surface area contributed by atoms with Gasteiger partial charge in [-0.3, -0.25) is 0 Å². The van der Waals surface area contributed by atoms with Gasteiger partial charge in [-0.25, -0.2) is 0 Å². The van der Waals surface area contributed by atoms with Crippen molar-refractivity contribution in [1.29, 1.82) is 0 Å². The smallest absolute Gasteiger partial charge is 0.0454 e. The van der Waals surface area contributed by atoms with Crippen molar-refractivity contribution in [2.24, 2.45) is 5.92 Å². The van der Waals surface area contributed by atoms with Crippen LogP contribution >= 0.6 is 0 Å². The molecule has 1 aliphatic rings. The maximum absolute atomic E-state index is 3.69. The summed E-state index contributed by atoms with van der Waals surface area (Å²) < 4.78 is 0. The van der Waals surface area contributed by atoms with Crippen LogP contribution in [0.1, 0.15) is 38.2 Å². The monoisotopic (exact) mass is 242 g/mol. The highest BCUT2D eigenvalue weighted by Crippen LogP contribution is 2.27. The normalized spacial score (nSPS) is 18.5. The number of aromatic nitrogens is 1. The molecule has 1 aromatic heterocycles. The number of nitrogens with one attached hydrogen (secondary N) is 2. The van der Waals surface area contributed by atoms with Crippen LogP contribution in [0.3, 0.4) is 0 Å². The molecule has 0 bridgehead atoms. The highest BCUT2D eigenvalue weighted by molar-refractivity contribution is 5.79. The van der Waals surface area contributed by atoms with Gasteiger partial charge in [0, 0.05) is 24.3 Å². The van der Waals surface area contributed by atoms with E-state index in [1.807, 2.05) is 6.20 Å². The summed E-state index contributed by atoms with van der Waals surface area (Å²) in [4.78, 5) is 3.24. The molecule has 1 saturated carbocycles. The van der Waals surface area contributed by atoms with E-state index in [0.29, 0.717) is 6.04 Å². The number of aromatic amines is 1. The van der Waals surface area contributed by atoms with Gasteiger partial charge < -0.3 is 10.3 Å². The van der Waals surface area contributed by atoms with Crippen LogP contribution in [0.2, 0.25) is 0 Å². The molecule has 1 fully saturated rings. The molecule has 2 nitrogen and oxygen atoms in total. The van der Waals surface area contributed by atoms with Crippen molar-refractivity contribution in [3.05, 3.63) is 36.0 Å². The van der Waals surface area contributed by atoms with E-state index in [1.165, 1.54) is 42.1 Å². The van der Waals surface area contributed by atoms with Gasteiger partial charge >= 0.3 is 0 Å². The molecule has 1 atom stereocenters. The summed E-state index contributed by atoms with van der Waals surface area (Å²) in [5.41, 5.74) is 2.61. The minimum absolute atomic E-state index is 0.648. The van der Waals surface area contributed by atoms with E-state index in [9.17, 15) is 0 Å². The Bertz CT molecular complexity index is 509. The Morgan fingerprint density at radius 2 is 2.11 bits per heavy atom.